The molecule has 0 saturated carbocycles. The third-order valence-corrected chi connectivity index (χ3v) is 2.80. The molecular formula is C14H18ClNO3. The fourth-order valence-corrected chi connectivity index (χ4v) is 1.81. The maximum absolute atomic E-state index is 12.3. The van der Waals surface area contributed by atoms with E-state index in [0.29, 0.717) is 17.2 Å². The van der Waals surface area contributed by atoms with Gasteiger partial charge in [-0.15, -0.1) is 0 Å². The number of amides is 1. The van der Waals surface area contributed by atoms with E-state index in [2.05, 4.69) is 0 Å². The van der Waals surface area contributed by atoms with E-state index in [0.717, 1.165) is 0 Å². The Morgan fingerprint density at radius 3 is 2.58 bits per heavy atom. The molecule has 0 aliphatic rings. The molecule has 0 spiro atoms. The van der Waals surface area contributed by atoms with Crippen molar-refractivity contribution in [2.24, 2.45) is 0 Å². The Morgan fingerprint density at radius 1 is 1.37 bits per heavy atom. The summed E-state index contributed by atoms with van der Waals surface area (Å²) in [6.07, 6.45) is 0. The van der Waals surface area contributed by atoms with Crippen molar-refractivity contribution in [3.8, 4) is 0 Å². The first kappa shape index (κ1) is 15.5. The second-order valence-electron chi connectivity index (χ2n) is 4.34. The largest absolute Gasteiger partial charge is 0.465 e. The van der Waals surface area contributed by atoms with Gasteiger partial charge < -0.3 is 9.64 Å². The van der Waals surface area contributed by atoms with Crippen molar-refractivity contribution in [2.75, 3.05) is 13.2 Å². The van der Waals surface area contributed by atoms with Crippen LogP contribution in [0.2, 0.25) is 5.02 Å². The molecular weight excluding hydrogens is 266 g/mol. The molecule has 19 heavy (non-hydrogen) atoms. The van der Waals surface area contributed by atoms with Crippen LogP contribution in [0.25, 0.3) is 0 Å². The zero-order valence-electron chi connectivity index (χ0n) is 11.4. The van der Waals surface area contributed by atoms with E-state index < -0.39 is 5.97 Å². The van der Waals surface area contributed by atoms with Crippen molar-refractivity contribution in [3.05, 3.63) is 34.9 Å². The van der Waals surface area contributed by atoms with Crippen LogP contribution in [0.15, 0.2) is 24.3 Å². The van der Waals surface area contributed by atoms with Gasteiger partial charge in [0.15, 0.2) is 0 Å². The molecule has 1 aromatic carbocycles. The summed E-state index contributed by atoms with van der Waals surface area (Å²) in [5.74, 6) is -0.642. The van der Waals surface area contributed by atoms with Gasteiger partial charge in [0, 0.05) is 16.6 Å². The Bertz CT molecular complexity index is 460. The van der Waals surface area contributed by atoms with Gasteiger partial charge in [0.25, 0.3) is 5.91 Å². The molecule has 0 aromatic heterocycles. The minimum atomic E-state index is -0.411. The zero-order valence-corrected chi connectivity index (χ0v) is 12.1. The maximum Gasteiger partial charge on any atom is 0.325 e. The number of benzene rings is 1. The highest BCUT2D eigenvalue weighted by molar-refractivity contribution is 6.30. The van der Waals surface area contributed by atoms with Crippen LogP contribution in [0.5, 0.6) is 0 Å². The number of rotatable bonds is 5. The monoisotopic (exact) mass is 283 g/mol. The van der Waals surface area contributed by atoms with Crippen LogP contribution in [-0.2, 0) is 9.53 Å². The van der Waals surface area contributed by atoms with Crippen molar-refractivity contribution in [1.29, 1.82) is 0 Å². The summed E-state index contributed by atoms with van der Waals surface area (Å²) in [4.78, 5) is 25.3. The van der Waals surface area contributed by atoms with E-state index in [-0.39, 0.29) is 18.5 Å². The third kappa shape index (κ3) is 4.56. The first-order valence-corrected chi connectivity index (χ1v) is 6.55. The summed E-state index contributed by atoms with van der Waals surface area (Å²) >= 11 is 5.87. The standard InChI is InChI=1S/C14H18ClNO3/c1-4-19-13(17)9-16(10(2)3)14(18)11-6-5-7-12(15)8-11/h5-8,10H,4,9H2,1-3H3. The van der Waals surface area contributed by atoms with Crippen LogP contribution in [0.4, 0.5) is 0 Å². The zero-order chi connectivity index (χ0) is 14.4. The fraction of sp³-hybridized carbons (Fsp3) is 0.429. The van der Waals surface area contributed by atoms with Crippen molar-refractivity contribution in [2.45, 2.75) is 26.8 Å². The lowest BCUT2D eigenvalue weighted by Crippen LogP contribution is -2.41. The minimum absolute atomic E-state index is 0.0587. The van der Waals surface area contributed by atoms with Crippen LogP contribution in [0.3, 0.4) is 0 Å². The van der Waals surface area contributed by atoms with E-state index in [9.17, 15) is 9.59 Å². The molecule has 1 rings (SSSR count). The number of halogens is 1. The van der Waals surface area contributed by atoms with Gasteiger partial charge in [-0.3, -0.25) is 9.59 Å². The first-order chi connectivity index (χ1) is 8.95. The number of nitrogens with zero attached hydrogens (tertiary/aromatic N) is 1. The second kappa shape index (κ2) is 7.14. The number of hydrogen-bond acceptors (Lipinski definition) is 3. The quantitative estimate of drug-likeness (QED) is 0.781. The summed E-state index contributed by atoms with van der Waals surface area (Å²) in [5.41, 5.74) is 0.463. The SMILES string of the molecule is CCOC(=O)CN(C(=O)c1cccc(Cl)c1)C(C)C. The average molecular weight is 284 g/mol. The van der Waals surface area contributed by atoms with E-state index in [1.165, 1.54) is 4.90 Å². The van der Waals surface area contributed by atoms with Gasteiger partial charge in [-0.1, -0.05) is 17.7 Å². The van der Waals surface area contributed by atoms with E-state index >= 15 is 0 Å². The molecule has 0 aliphatic heterocycles. The van der Waals surface area contributed by atoms with Gasteiger partial charge in [-0.2, -0.15) is 0 Å². The molecule has 0 unspecified atom stereocenters. The Labute approximate surface area is 118 Å². The summed E-state index contributed by atoms with van der Waals surface area (Å²) in [5, 5.41) is 0.491. The highest BCUT2D eigenvalue weighted by atomic mass is 35.5. The average Bonchev–Trinajstić information content (AvgIpc) is 2.35. The number of carbonyl (C=O) groups excluding carboxylic acids is 2. The Kier molecular flexibility index (Phi) is 5.83. The highest BCUT2D eigenvalue weighted by Crippen LogP contribution is 2.14. The Hall–Kier alpha value is -1.55. The molecule has 0 radical (unpaired) electrons. The van der Waals surface area contributed by atoms with Crippen LogP contribution >= 0.6 is 11.6 Å². The molecule has 0 bridgehead atoms. The molecule has 0 atom stereocenters. The number of hydrogen-bond donors (Lipinski definition) is 0. The smallest absolute Gasteiger partial charge is 0.325 e. The molecule has 0 heterocycles. The van der Waals surface area contributed by atoms with Crippen LogP contribution in [-0.4, -0.2) is 36.0 Å². The number of esters is 1. The second-order valence-corrected chi connectivity index (χ2v) is 4.78. The van der Waals surface area contributed by atoms with E-state index in [1.54, 1.807) is 31.2 Å². The lowest BCUT2D eigenvalue weighted by Gasteiger charge is -2.25. The van der Waals surface area contributed by atoms with Gasteiger partial charge in [0.05, 0.1) is 6.61 Å². The maximum atomic E-state index is 12.3. The molecule has 0 N–H and O–H groups in total. The minimum Gasteiger partial charge on any atom is -0.465 e. The Balaban J connectivity index is 2.87. The van der Waals surface area contributed by atoms with Crippen LogP contribution in [0, 0.1) is 0 Å². The van der Waals surface area contributed by atoms with Crippen LogP contribution < -0.4 is 0 Å². The molecule has 0 fully saturated rings. The van der Waals surface area contributed by atoms with E-state index in [4.69, 9.17) is 16.3 Å². The molecule has 0 saturated heterocycles. The summed E-state index contributed by atoms with van der Waals surface area (Å²) < 4.78 is 4.87. The number of ether oxygens (including phenoxy) is 1. The van der Waals surface area contributed by atoms with Crippen molar-refractivity contribution in [1.82, 2.24) is 4.90 Å². The summed E-state index contributed by atoms with van der Waals surface area (Å²) in [6, 6.07) is 6.57. The van der Waals surface area contributed by atoms with Crippen molar-refractivity contribution in [3.63, 3.8) is 0 Å². The van der Waals surface area contributed by atoms with E-state index in [1.807, 2.05) is 13.8 Å². The molecule has 1 amide bonds. The lowest BCUT2D eigenvalue weighted by molar-refractivity contribution is -0.144. The molecule has 4 nitrogen and oxygen atoms in total. The van der Waals surface area contributed by atoms with Gasteiger partial charge in [-0.25, -0.2) is 0 Å². The highest BCUT2D eigenvalue weighted by Gasteiger charge is 2.22. The third-order valence-electron chi connectivity index (χ3n) is 2.56. The molecule has 104 valence electrons. The van der Waals surface area contributed by atoms with Crippen LogP contribution in [0.1, 0.15) is 31.1 Å². The molecule has 5 heteroatoms. The van der Waals surface area contributed by atoms with Crippen molar-refractivity contribution >= 4 is 23.5 Å². The summed E-state index contributed by atoms with van der Waals surface area (Å²) in [6.45, 7) is 5.67. The fourth-order valence-electron chi connectivity index (χ4n) is 1.62. The normalized spacial score (nSPS) is 10.4. The summed E-state index contributed by atoms with van der Waals surface area (Å²) in [7, 11) is 0. The molecule has 1 aromatic rings. The van der Waals surface area contributed by atoms with Crippen molar-refractivity contribution < 1.29 is 14.3 Å². The van der Waals surface area contributed by atoms with Gasteiger partial charge in [0.2, 0.25) is 0 Å². The predicted molar refractivity (Wildman–Crippen MR) is 74.3 cm³/mol. The van der Waals surface area contributed by atoms with Gasteiger partial charge in [0.1, 0.15) is 6.54 Å². The van der Waals surface area contributed by atoms with Gasteiger partial charge in [-0.05, 0) is 39.0 Å². The predicted octanol–water partition coefficient (Wildman–Crippen LogP) is 2.75. The topological polar surface area (TPSA) is 46.6 Å². The Morgan fingerprint density at radius 2 is 2.05 bits per heavy atom. The lowest BCUT2D eigenvalue weighted by atomic mass is 10.1. The molecule has 0 aliphatic carbocycles. The van der Waals surface area contributed by atoms with Gasteiger partial charge >= 0.3 is 5.97 Å². The number of carbonyl (C=O) groups is 2. The first-order valence-electron chi connectivity index (χ1n) is 6.17.